The fraction of sp³-hybridized carbons (Fsp3) is 0.522. The molecule has 0 N–H and O–H groups in total. The van der Waals surface area contributed by atoms with Gasteiger partial charge in [-0.2, -0.15) is 13.2 Å². The highest BCUT2D eigenvalue weighted by Gasteiger charge is 2.50. The molecule has 1 saturated heterocycles. The number of carbonyl (C=O) groups excluding carboxylic acids is 3. The van der Waals surface area contributed by atoms with E-state index in [1.165, 1.54) is 0 Å². The van der Waals surface area contributed by atoms with Gasteiger partial charge in [0.1, 0.15) is 17.5 Å². The summed E-state index contributed by atoms with van der Waals surface area (Å²) in [7, 11) is 0. The molecule has 160 valence electrons. The van der Waals surface area contributed by atoms with Crippen molar-refractivity contribution in [3.05, 3.63) is 34.4 Å². The van der Waals surface area contributed by atoms with Gasteiger partial charge in [-0.1, -0.05) is 5.92 Å². The van der Waals surface area contributed by atoms with Crippen LogP contribution in [0.2, 0.25) is 0 Å². The van der Waals surface area contributed by atoms with Gasteiger partial charge < -0.3 is 4.90 Å². The zero-order valence-corrected chi connectivity index (χ0v) is 17.3. The Hall–Kier alpha value is -2.62. The van der Waals surface area contributed by atoms with Gasteiger partial charge in [-0.3, -0.25) is 14.4 Å². The van der Waals surface area contributed by atoms with Crippen LogP contribution < -0.4 is 0 Å². The van der Waals surface area contributed by atoms with E-state index in [1.807, 2.05) is 26.0 Å². The number of likely N-dealkylation sites (tertiary alicyclic amines) is 1. The third-order valence-electron chi connectivity index (χ3n) is 6.25. The number of ketones is 2. The van der Waals surface area contributed by atoms with Crippen molar-refractivity contribution in [2.45, 2.75) is 58.5 Å². The van der Waals surface area contributed by atoms with E-state index in [1.54, 1.807) is 6.92 Å². The number of amides is 1. The number of benzene rings is 1. The summed E-state index contributed by atoms with van der Waals surface area (Å²) in [6, 6.07) is 3.73. The highest BCUT2D eigenvalue weighted by atomic mass is 19.4. The molecule has 1 spiro atoms. The van der Waals surface area contributed by atoms with Crippen molar-refractivity contribution in [3.63, 3.8) is 0 Å². The third-order valence-corrected chi connectivity index (χ3v) is 6.25. The standard InChI is InChI=1S/C23H24F3NO3/c1-4-5-16-10-14(2)19(15(3)11-16)20-17(28)12-22(13-18(20)29)6-8-27(9-7-22)21(30)23(24,25)26/h10-11,20H,6-9,12-13H2,1-3H3. The van der Waals surface area contributed by atoms with Crippen LogP contribution in [-0.2, 0) is 14.4 Å². The van der Waals surface area contributed by atoms with Crippen molar-refractivity contribution >= 4 is 17.5 Å². The predicted octanol–water partition coefficient (Wildman–Crippen LogP) is 3.86. The van der Waals surface area contributed by atoms with E-state index in [4.69, 9.17) is 0 Å². The molecule has 1 aromatic rings. The molecule has 2 fully saturated rings. The fourth-order valence-electron chi connectivity index (χ4n) is 4.87. The maximum absolute atomic E-state index is 13.1. The molecule has 1 aliphatic heterocycles. The Morgan fingerprint density at radius 1 is 1.07 bits per heavy atom. The molecule has 30 heavy (non-hydrogen) atoms. The van der Waals surface area contributed by atoms with Gasteiger partial charge >= 0.3 is 12.1 Å². The molecule has 7 heteroatoms. The summed E-state index contributed by atoms with van der Waals surface area (Å²) in [4.78, 5) is 38.4. The van der Waals surface area contributed by atoms with E-state index >= 15 is 0 Å². The molecule has 0 atom stereocenters. The van der Waals surface area contributed by atoms with Crippen molar-refractivity contribution in [1.29, 1.82) is 0 Å². The number of rotatable bonds is 1. The fourth-order valence-corrected chi connectivity index (χ4v) is 4.87. The minimum Gasteiger partial charge on any atom is -0.335 e. The van der Waals surface area contributed by atoms with Crippen LogP contribution in [0.3, 0.4) is 0 Å². The van der Waals surface area contributed by atoms with Crippen molar-refractivity contribution in [1.82, 2.24) is 4.90 Å². The molecule has 1 amide bonds. The Kier molecular flexibility index (Phi) is 5.81. The van der Waals surface area contributed by atoms with Crippen LogP contribution in [0.4, 0.5) is 13.2 Å². The van der Waals surface area contributed by atoms with Crippen molar-refractivity contribution in [2.24, 2.45) is 5.41 Å². The van der Waals surface area contributed by atoms with E-state index < -0.39 is 23.4 Å². The van der Waals surface area contributed by atoms with E-state index in [0.717, 1.165) is 21.6 Å². The zero-order chi connectivity index (χ0) is 22.3. The van der Waals surface area contributed by atoms with Crippen LogP contribution in [0.15, 0.2) is 12.1 Å². The van der Waals surface area contributed by atoms with Gasteiger partial charge in [0.2, 0.25) is 0 Å². The van der Waals surface area contributed by atoms with Crippen LogP contribution in [0.1, 0.15) is 60.8 Å². The quantitative estimate of drug-likeness (QED) is 0.513. The van der Waals surface area contributed by atoms with Gasteiger partial charge in [-0.15, -0.1) is 5.92 Å². The second-order valence-electron chi connectivity index (χ2n) is 8.41. The Morgan fingerprint density at radius 2 is 1.57 bits per heavy atom. The molecular formula is C23H24F3NO3. The minimum atomic E-state index is -4.91. The number of halogens is 3. The van der Waals surface area contributed by atoms with Gasteiger partial charge in [0, 0.05) is 31.5 Å². The first-order valence-electron chi connectivity index (χ1n) is 9.93. The molecule has 1 saturated carbocycles. The summed E-state index contributed by atoms with van der Waals surface area (Å²) < 4.78 is 38.0. The lowest BCUT2D eigenvalue weighted by atomic mass is 9.62. The molecule has 4 nitrogen and oxygen atoms in total. The van der Waals surface area contributed by atoms with Crippen molar-refractivity contribution in [2.75, 3.05) is 13.1 Å². The lowest BCUT2D eigenvalue weighted by molar-refractivity contribution is -0.187. The maximum atomic E-state index is 13.1. The Morgan fingerprint density at radius 3 is 2.00 bits per heavy atom. The zero-order valence-electron chi connectivity index (χ0n) is 17.3. The summed E-state index contributed by atoms with van der Waals surface area (Å²) in [5, 5.41) is 0. The van der Waals surface area contributed by atoms with Gasteiger partial charge in [0.05, 0.1) is 0 Å². The number of carbonyl (C=O) groups is 3. The smallest absolute Gasteiger partial charge is 0.335 e. The number of hydrogen-bond acceptors (Lipinski definition) is 3. The van der Waals surface area contributed by atoms with Gasteiger partial charge in [-0.25, -0.2) is 0 Å². The predicted molar refractivity (Wildman–Crippen MR) is 105 cm³/mol. The lowest BCUT2D eigenvalue weighted by Gasteiger charge is -2.44. The van der Waals surface area contributed by atoms with Gasteiger partial charge in [-0.05, 0) is 67.9 Å². The molecule has 0 unspecified atom stereocenters. The normalized spacial score (nSPS) is 19.6. The molecule has 2 aliphatic rings. The summed E-state index contributed by atoms with van der Waals surface area (Å²) in [5.41, 5.74) is 2.56. The highest BCUT2D eigenvalue weighted by molar-refractivity contribution is 6.10. The average molecular weight is 419 g/mol. The first kappa shape index (κ1) is 22.1. The number of piperidine rings is 1. The molecule has 0 aromatic heterocycles. The van der Waals surface area contributed by atoms with Crippen LogP contribution in [0.5, 0.6) is 0 Å². The second kappa shape index (κ2) is 7.90. The number of hydrogen-bond donors (Lipinski definition) is 0. The first-order chi connectivity index (χ1) is 14.0. The van der Waals surface area contributed by atoms with Gasteiger partial charge in [0.25, 0.3) is 0 Å². The van der Waals surface area contributed by atoms with Crippen molar-refractivity contribution in [3.8, 4) is 11.8 Å². The Labute approximate surface area is 173 Å². The summed E-state index contributed by atoms with van der Waals surface area (Å²) in [6.45, 7) is 5.27. The lowest BCUT2D eigenvalue weighted by Crippen LogP contribution is -2.51. The van der Waals surface area contributed by atoms with Gasteiger partial charge in [0.15, 0.2) is 0 Å². The van der Waals surface area contributed by atoms with Crippen LogP contribution >= 0.6 is 0 Å². The Balaban J connectivity index is 1.79. The van der Waals surface area contributed by atoms with Crippen molar-refractivity contribution < 1.29 is 27.6 Å². The molecular weight excluding hydrogens is 395 g/mol. The van der Waals surface area contributed by atoms with Crippen LogP contribution in [0, 0.1) is 31.1 Å². The molecule has 1 aliphatic carbocycles. The first-order valence-corrected chi connectivity index (χ1v) is 9.93. The minimum absolute atomic E-state index is 0.0913. The molecule has 1 aromatic carbocycles. The number of alkyl halides is 3. The topological polar surface area (TPSA) is 54.5 Å². The maximum Gasteiger partial charge on any atom is 0.471 e. The van der Waals surface area contributed by atoms with E-state index in [-0.39, 0.29) is 50.3 Å². The van der Waals surface area contributed by atoms with E-state index in [0.29, 0.717) is 5.56 Å². The van der Waals surface area contributed by atoms with E-state index in [9.17, 15) is 27.6 Å². The van der Waals surface area contributed by atoms with E-state index in [2.05, 4.69) is 11.8 Å². The Bertz CT molecular complexity index is 917. The third kappa shape index (κ3) is 4.14. The molecule has 0 bridgehead atoms. The summed E-state index contributed by atoms with van der Waals surface area (Å²) in [5.74, 6) is 2.73. The SMILES string of the molecule is CC#Cc1cc(C)c(C2C(=O)CC3(CCN(C(=O)C(F)(F)F)CC3)CC2=O)c(C)c1. The monoisotopic (exact) mass is 419 g/mol. The summed E-state index contributed by atoms with van der Waals surface area (Å²) >= 11 is 0. The average Bonchev–Trinajstić information content (AvgIpc) is 2.63. The number of nitrogens with zero attached hydrogens (tertiary/aromatic N) is 1. The van der Waals surface area contributed by atoms with Crippen LogP contribution in [-0.4, -0.2) is 41.6 Å². The second-order valence-corrected chi connectivity index (χ2v) is 8.41. The highest BCUT2D eigenvalue weighted by Crippen LogP contribution is 2.47. The largest absolute Gasteiger partial charge is 0.471 e. The number of aryl methyl sites for hydroxylation is 2. The molecule has 0 radical (unpaired) electrons. The number of Topliss-reactive ketones (excluding diaryl/α,β-unsaturated/α-hetero) is 2. The summed E-state index contributed by atoms with van der Waals surface area (Å²) in [6.07, 6.45) is -4.17. The molecule has 1 heterocycles. The molecule has 3 rings (SSSR count). The van der Waals surface area contributed by atoms with Crippen LogP contribution in [0.25, 0.3) is 0 Å².